The molecule has 4 heteroatoms. The summed E-state index contributed by atoms with van der Waals surface area (Å²) in [6.07, 6.45) is 5.57. The molecule has 2 aromatic rings. The van der Waals surface area contributed by atoms with Crippen LogP contribution in [-0.4, -0.2) is 10.2 Å². The second kappa shape index (κ2) is 6.54. The molecule has 1 aromatic carbocycles. The van der Waals surface area contributed by atoms with E-state index >= 15 is 0 Å². The van der Waals surface area contributed by atoms with Gasteiger partial charge in [-0.25, -0.2) is 0 Å². The molecule has 1 unspecified atom stereocenters. The smallest absolute Gasteiger partial charge is 0.248 e. The van der Waals surface area contributed by atoms with Gasteiger partial charge in [-0.1, -0.05) is 32.8 Å². The summed E-state index contributed by atoms with van der Waals surface area (Å²) in [6, 6.07) is 6.32. The van der Waals surface area contributed by atoms with E-state index in [0.29, 0.717) is 29.2 Å². The van der Waals surface area contributed by atoms with E-state index in [0.717, 1.165) is 24.0 Å². The maximum Gasteiger partial charge on any atom is 0.248 e. The third kappa shape index (κ3) is 3.14. The number of benzene rings is 1. The Morgan fingerprint density at radius 2 is 2.13 bits per heavy atom. The van der Waals surface area contributed by atoms with Crippen molar-refractivity contribution in [1.29, 1.82) is 5.26 Å². The van der Waals surface area contributed by atoms with Gasteiger partial charge in [0.1, 0.15) is 0 Å². The Morgan fingerprint density at radius 1 is 1.35 bits per heavy atom. The Hall–Kier alpha value is -2.15. The summed E-state index contributed by atoms with van der Waals surface area (Å²) in [4.78, 5) is 0. The van der Waals surface area contributed by atoms with Crippen LogP contribution >= 0.6 is 0 Å². The second-order valence-electron chi connectivity index (χ2n) is 6.71. The lowest BCUT2D eigenvalue weighted by atomic mass is 9.77. The van der Waals surface area contributed by atoms with Crippen molar-refractivity contribution in [2.24, 2.45) is 5.92 Å². The average Bonchev–Trinajstić information content (AvgIpc) is 2.94. The van der Waals surface area contributed by atoms with Crippen LogP contribution in [0.15, 0.2) is 16.5 Å². The highest BCUT2D eigenvalue weighted by atomic mass is 16.4. The van der Waals surface area contributed by atoms with Crippen LogP contribution in [0.5, 0.6) is 0 Å². The third-order valence-electron chi connectivity index (χ3n) is 4.98. The van der Waals surface area contributed by atoms with Crippen LogP contribution in [0.1, 0.15) is 68.0 Å². The summed E-state index contributed by atoms with van der Waals surface area (Å²) < 4.78 is 5.91. The van der Waals surface area contributed by atoms with Crippen molar-refractivity contribution in [2.45, 2.75) is 58.8 Å². The van der Waals surface area contributed by atoms with Crippen LogP contribution in [0.4, 0.5) is 0 Å². The number of hydrogen-bond donors (Lipinski definition) is 0. The summed E-state index contributed by atoms with van der Waals surface area (Å²) in [5, 5.41) is 17.8. The van der Waals surface area contributed by atoms with Crippen molar-refractivity contribution in [3.63, 3.8) is 0 Å². The normalized spacial score (nSPS) is 15.9. The SMILES string of the molecule is CCC(C)Cc1nnc(-c2cc(C#N)c(C)cc2C2CCC2)o1. The van der Waals surface area contributed by atoms with Crippen LogP contribution in [0.3, 0.4) is 0 Å². The molecule has 1 heterocycles. The Bertz CT molecular complexity index is 738. The highest BCUT2D eigenvalue weighted by Crippen LogP contribution is 2.42. The van der Waals surface area contributed by atoms with Gasteiger partial charge in [0, 0.05) is 12.0 Å². The summed E-state index contributed by atoms with van der Waals surface area (Å²) in [6.45, 7) is 6.34. The lowest BCUT2D eigenvalue weighted by Gasteiger charge is -2.27. The Balaban J connectivity index is 1.99. The van der Waals surface area contributed by atoms with Crippen molar-refractivity contribution in [3.05, 3.63) is 34.7 Å². The maximum absolute atomic E-state index is 9.33. The molecule has 1 fully saturated rings. The Labute approximate surface area is 137 Å². The second-order valence-corrected chi connectivity index (χ2v) is 6.71. The van der Waals surface area contributed by atoms with Gasteiger partial charge in [0.15, 0.2) is 0 Å². The lowest BCUT2D eigenvalue weighted by Crippen LogP contribution is -2.11. The highest BCUT2D eigenvalue weighted by Gasteiger charge is 2.26. The molecule has 0 spiro atoms. The maximum atomic E-state index is 9.33. The van der Waals surface area contributed by atoms with Gasteiger partial charge in [-0.3, -0.25) is 0 Å². The van der Waals surface area contributed by atoms with Gasteiger partial charge in [0.2, 0.25) is 11.8 Å². The van der Waals surface area contributed by atoms with E-state index in [1.54, 1.807) is 0 Å². The number of nitriles is 1. The summed E-state index contributed by atoms with van der Waals surface area (Å²) in [5.41, 5.74) is 3.91. The van der Waals surface area contributed by atoms with E-state index in [1.807, 2.05) is 13.0 Å². The van der Waals surface area contributed by atoms with Gasteiger partial charge in [-0.05, 0) is 48.8 Å². The van der Waals surface area contributed by atoms with Crippen molar-refractivity contribution >= 4 is 0 Å². The summed E-state index contributed by atoms with van der Waals surface area (Å²) in [5.74, 6) is 2.33. The average molecular weight is 309 g/mol. The van der Waals surface area contributed by atoms with Gasteiger partial charge in [-0.15, -0.1) is 10.2 Å². The van der Waals surface area contributed by atoms with Crippen molar-refractivity contribution in [1.82, 2.24) is 10.2 Å². The molecule has 0 saturated heterocycles. The van der Waals surface area contributed by atoms with Gasteiger partial charge >= 0.3 is 0 Å². The first-order valence-corrected chi connectivity index (χ1v) is 8.49. The quantitative estimate of drug-likeness (QED) is 0.798. The highest BCUT2D eigenvalue weighted by molar-refractivity contribution is 5.64. The molecule has 23 heavy (non-hydrogen) atoms. The number of aryl methyl sites for hydroxylation is 1. The molecule has 0 N–H and O–H groups in total. The molecule has 0 radical (unpaired) electrons. The van der Waals surface area contributed by atoms with Gasteiger partial charge in [0.25, 0.3) is 0 Å². The predicted molar refractivity (Wildman–Crippen MR) is 88.9 cm³/mol. The molecule has 0 aliphatic heterocycles. The van der Waals surface area contributed by atoms with Crippen LogP contribution in [-0.2, 0) is 6.42 Å². The monoisotopic (exact) mass is 309 g/mol. The molecule has 4 nitrogen and oxygen atoms in total. The minimum atomic E-state index is 0.530. The molecule has 0 bridgehead atoms. The molecule has 1 aromatic heterocycles. The van der Waals surface area contributed by atoms with Crippen LogP contribution < -0.4 is 0 Å². The van der Waals surface area contributed by atoms with Crippen molar-refractivity contribution in [2.75, 3.05) is 0 Å². The number of hydrogen-bond acceptors (Lipinski definition) is 4. The van der Waals surface area contributed by atoms with Crippen LogP contribution in [0.2, 0.25) is 0 Å². The van der Waals surface area contributed by atoms with Gasteiger partial charge < -0.3 is 4.42 Å². The first-order chi connectivity index (χ1) is 11.1. The summed E-state index contributed by atoms with van der Waals surface area (Å²) in [7, 11) is 0. The minimum Gasteiger partial charge on any atom is -0.421 e. The number of nitrogens with zero attached hydrogens (tertiary/aromatic N) is 3. The minimum absolute atomic E-state index is 0.530. The topological polar surface area (TPSA) is 62.7 Å². The first-order valence-electron chi connectivity index (χ1n) is 8.49. The van der Waals surface area contributed by atoms with E-state index in [-0.39, 0.29) is 0 Å². The lowest BCUT2D eigenvalue weighted by molar-refractivity contribution is 0.417. The number of aromatic nitrogens is 2. The molecule has 0 amide bonds. The molecule has 120 valence electrons. The zero-order valence-corrected chi connectivity index (χ0v) is 14.1. The summed E-state index contributed by atoms with van der Waals surface area (Å²) >= 11 is 0. The molecule has 1 aliphatic carbocycles. The standard InChI is InChI=1S/C19H23N3O/c1-4-12(2)8-18-21-22-19(23-18)17-10-15(11-20)13(3)9-16(17)14-6-5-7-14/h9-10,12,14H,4-8H2,1-3H3. The molecular weight excluding hydrogens is 286 g/mol. The third-order valence-corrected chi connectivity index (χ3v) is 4.98. The van der Waals surface area contributed by atoms with Crippen LogP contribution in [0, 0.1) is 24.2 Å². The van der Waals surface area contributed by atoms with E-state index in [9.17, 15) is 5.26 Å². The Kier molecular flexibility index (Phi) is 4.47. The zero-order chi connectivity index (χ0) is 16.4. The fourth-order valence-electron chi connectivity index (χ4n) is 2.98. The fourth-order valence-corrected chi connectivity index (χ4v) is 2.98. The van der Waals surface area contributed by atoms with E-state index < -0.39 is 0 Å². The van der Waals surface area contributed by atoms with E-state index in [1.165, 1.54) is 24.8 Å². The largest absolute Gasteiger partial charge is 0.421 e. The van der Waals surface area contributed by atoms with Gasteiger partial charge in [0.05, 0.1) is 11.6 Å². The molecule has 1 atom stereocenters. The van der Waals surface area contributed by atoms with Crippen LogP contribution in [0.25, 0.3) is 11.5 Å². The molecule has 3 rings (SSSR count). The van der Waals surface area contributed by atoms with E-state index in [2.05, 4.69) is 36.2 Å². The molecule has 1 aliphatic rings. The number of rotatable bonds is 5. The molecule has 1 saturated carbocycles. The first kappa shape index (κ1) is 15.7. The van der Waals surface area contributed by atoms with E-state index in [4.69, 9.17) is 4.42 Å². The fraction of sp³-hybridized carbons (Fsp3) is 0.526. The predicted octanol–water partition coefficient (Wildman–Crippen LogP) is 4.77. The van der Waals surface area contributed by atoms with Gasteiger partial charge in [-0.2, -0.15) is 5.26 Å². The van der Waals surface area contributed by atoms with Crippen molar-refractivity contribution < 1.29 is 4.42 Å². The zero-order valence-electron chi connectivity index (χ0n) is 14.1. The molecular formula is C19H23N3O. The van der Waals surface area contributed by atoms with Crippen molar-refractivity contribution in [3.8, 4) is 17.5 Å². The Morgan fingerprint density at radius 3 is 2.74 bits per heavy atom.